The summed E-state index contributed by atoms with van der Waals surface area (Å²) in [5.74, 6) is -1.51. The molecule has 9 heteroatoms. The van der Waals surface area contributed by atoms with E-state index in [1.165, 1.54) is 48.2 Å². The Labute approximate surface area is 216 Å². The van der Waals surface area contributed by atoms with Gasteiger partial charge in [0, 0.05) is 28.4 Å². The smallest absolute Gasteiger partial charge is 0.269 e. The first-order valence-corrected chi connectivity index (χ1v) is 12.1. The van der Waals surface area contributed by atoms with Gasteiger partial charge in [0.2, 0.25) is 5.91 Å². The van der Waals surface area contributed by atoms with Gasteiger partial charge in [0.25, 0.3) is 11.6 Å². The summed E-state index contributed by atoms with van der Waals surface area (Å²) in [5.41, 5.74) is 2.13. The van der Waals surface area contributed by atoms with Crippen LogP contribution in [0.4, 0.5) is 21.5 Å². The van der Waals surface area contributed by atoms with Crippen molar-refractivity contribution < 1.29 is 18.9 Å². The molecule has 4 aromatic carbocycles. The summed E-state index contributed by atoms with van der Waals surface area (Å²) in [6.45, 7) is 1.69. The zero-order valence-electron chi connectivity index (χ0n) is 19.7. The van der Waals surface area contributed by atoms with E-state index in [1.54, 1.807) is 31.2 Å². The number of nitrogens with zero attached hydrogens (tertiary/aromatic N) is 1. The number of amides is 2. The maximum Gasteiger partial charge on any atom is 0.269 e. The summed E-state index contributed by atoms with van der Waals surface area (Å²) >= 11 is 1.28. The Hall–Kier alpha value is -4.50. The molecule has 37 heavy (non-hydrogen) atoms. The highest BCUT2D eigenvalue weighted by molar-refractivity contribution is 8.00. The fourth-order valence-electron chi connectivity index (χ4n) is 3.63. The van der Waals surface area contributed by atoms with Crippen molar-refractivity contribution in [3.63, 3.8) is 0 Å². The molecule has 0 aliphatic rings. The molecular formula is C28H22FN3O4S. The van der Waals surface area contributed by atoms with E-state index < -0.39 is 21.9 Å². The van der Waals surface area contributed by atoms with Crippen molar-refractivity contribution in [1.29, 1.82) is 0 Å². The number of hydrogen-bond acceptors (Lipinski definition) is 5. The van der Waals surface area contributed by atoms with Crippen molar-refractivity contribution in [3.05, 3.63) is 130 Å². The zero-order chi connectivity index (χ0) is 26.4. The van der Waals surface area contributed by atoms with Crippen LogP contribution in [0.3, 0.4) is 0 Å². The number of hydrogen-bond donors (Lipinski definition) is 2. The van der Waals surface area contributed by atoms with Crippen LogP contribution < -0.4 is 10.6 Å². The number of aryl methyl sites for hydroxylation is 1. The second kappa shape index (κ2) is 11.5. The second-order valence-corrected chi connectivity index (χ2v) is 9.29. The maximum absolute atomic E-state index is 14.0. The van der Waals surface area contributed by atoms with Crippen LogP contribution in [0.15, 0.2) is 102 Å². The lowest BCUT2D eigenvalue weighted by atomic mass is 10.1. The van der Waals surface area contributed by atoms with Gasteiger partial charge in [-0.3, -0.25) is 19.7 Å². The predicted molar refractivity (Wildman–Crippen MR) is 142 cm³/mol. The van der Waals surface area contributed by atoms with E-state index in [9.17, 15) is 24.1 Å². The van der Waals surface area contributed by atoms with Crippen molar-refractivity contribution in [2.45, 2.75) is 17.1 Å². The summed E-state index contributed by atoms with van der Waals surface area (Å²) in [6.07, 6.45) is 0. The minimum atomic E-state index is -0.659. The second-order valence-electron chi connectivity index (χ2n) is 8.12. The number of non-ortho nitro benzene ring substituents is 1. The molecular weight excluding hydrogens is 493 g/mol. The fourth-order valence-corrected chi connectivity index (χ4v) is 4.71. The highest BCUT2D eigenvalue weighted by Crippen LogP contribution is 2.37. The Morgan fingerprint density at radius 2 is 1.62 bits per heavy atom. The lowest BCUT2D eigenvalue weighted by Crippen LogP contribution is -2.19. The summed E-state index contributed by atoms with van der Waals surface area (Å²) in [6, 6.07) is 26.1. The van der Waals surface area contributed by atoms with Gasteiger partial charge < -0.3 is 10.6 Å². The van der Waals surface area contributed by atoms with Gasteiger partial charge in [0.1, 0.15) is 11.1 Å². The lowest BCUT2D eigenvalue weighted by Gasteiger charge is -2.18. The number of benzene rings is 4. The summed E-state index contributed by atoms with van der Waals surface area (Å²) in [5, 5.41) is 16.0. The Balaban J connectivity index is 1.56. The molecule has 0 bridgehead atoms. The molecule has 2 amide bonds. The van der Waals surface area contributed by atoms with Gasteiger partial charge in [-0.05, 0) is 54.4 Å². The van der Waals surface area contributed by atoms with Gasteiger partial charge in [0.05, 0.1) is 10.5 Å². The maximum atomic E-state index is 14.0. The third kappa shape index (κ3) is 6.39. The van der Waals surface area contributed by atoms with E-state index >= 15 is 0 Å². The number of thioether (sulfide) groups is 1. The predicted octanol–water partition coefficient (Wildman–Crippen LogP) is 6.77. The normalized spacial score (nSPS) is 11.4. The van der Waals surface area contributed by atoms with Crippen molar-refractivity contribution in [1.82, 2.24) is 0 Å². The third-order valence-corrected chi connectivity index (χ3v) is 6.73. The first-order valence-electron chi connectivity index (χ1n) is 11.3. The zero-order valence-corrected chi connectivity index (χ0v) is 20.5. The summed E-state index contributed by atoms with van der Waals surface area (Å²) in [7, 11) is 0. The Morgan fingerprint density at radius 1 is 0.892 bits per heavy atom. The number of carbonyl (C=O) groups excluding carboxylic acids is 2. The number of carbonyl (C=O) groups is 2. The average Bonchev–Trinajstić information content (AvgIpc) is 2.89. The number of nitro groups is 1. The summed E-state index contributed by atoms with van der Waals surface area (Å²) < 4.78 is 14.0. The van der Waals surface area contributed by atoms with Crippen molar-refractivity contribution in [2.24, 2.45) is 0 Å². The van der Waals surface area contributed by atoms with Crippen molar-refractivity contribution in [2.75, 3.05) is 10.6 Å². The van der Waals surface area contributed by atoms with E-state index in [4.69, 9.17) is 0 Å². The van der Waals surface area contributed by atoms with E-state index in [1.807, 2.05) is 36.4 Å². The molecule has 0 aromatic heterocycles. The van der Waals surface area contributed by atoms with Gasteiger partial charge in [0.15, 0.2) is 0 Å². The Bertz CT molecular complexity index is 1460. The molecule has 1 unspecified atom stereocenters. The largest absolute Gasteiger partial charge is 0.325 e. The Kier molecular flexibility index (Phi) is 7.95. The number of halogens is 1. The Morgan fingerprint density at radius 3 is 2.32 bits per heavy atom. The topological polar surface area (TPSA) is 101 Å². The quantitative estimate of drug-likeness (QED) is 0.153. The van der Waals surface area contributed by atoms with Gasteiger partial charge in [-0.15, -0.1) is 11.8 Å². The van der Waals surface area contributed by atoms with Gasteiger partial charge in [-0.2, -0.15) is 0 Å². The summed E-state index contributed by atoms with van der Waals surface area (Å²) in [4.78, 5) is 37.2. The van der Waals surface area contributed by atoms with E-state index in [-0.39, 0.29) is 17.2 Å². The molecule has 4 aromatic rings. The number of rotatable bonds is 8. The number of nitro benzene ring substituents is 1. The highest BCUT2D eigenvalue weighted by atomic mass is 32.2. The molecule has 0 fully saturated rings. The van der Waals surface area contributed by atoms with Crippen LogP contribution in [-0.2, 0) is 4.79 Å². The molecule has 0 aliphatic heterocycles. The standard InChI is InChI=1S/C28H22FN3O4S/c1-18-16-21(32(35)36)14-15-25(18)31-28(34)26(19-8-3-2-4-9-19)37-22-11-7-10-20(17-22)30-27(33)23-12-5-6-13-24(23)29/h2-17,26H,1H3,(H,30,33)(H,31,34). The van der Waals surface area contributed by atoms with Crippen molar-refractivity contribution >= 4 is 40.6 Å². The molecule has 2 N–H and O–H groups in total. The monoisotopic (exact) mass is 515 g/mol. The van der Waals surface area contributed by atoms with E-state index in [0.29, 0.717) is 21.8 Å². The van der Waals surface area contributed by atoms with E-state index in [0.717, 1.165) is 5.56 Å². The number of nitrogens with one attached hydrogen (secondary N) is 2. The molecule has 0 aliphatic carbocycles. The van der Waals surface area contributed by atoms with E-state index in [2.05, 4.69) is 10.6 Å². The van der Waals surface area contributed by atoms with Gasteiger partial charge >= 0.3 is 0 Å². The van der Waals surface area contributed by atoms with Gasteiger partial charge in [-0.1, -0.05) is 48.5 Å². The average molecular weight is 516 g/mol. The lowest BCUT2D eigenvalue weighted by molar-refractivity contribution is -0.384. The third-order valence-electron chi connectivity index (χ3n) is 5.48. The number of anilines is 2. The molecule has 1 atom stereocenters. The SMILES string of the molecule is Cc1cc([N+](=O)[O-])ccc1NC(=O)C(Sc1cccc(NC(=O)c2ccccc2F)c1)c1ccccc1. The minimum absolute atomic E-state index is 0.0567. The molecule has 4 rings (SSSR count). The van der Waals surface area contributed by atoms with Crippen LogP contribution >= 0.6 is 11.8 Å². The van der Waals surface area contributed by atoms with Crippen LogP contribution in [0.5, 0.6) is 0 Å². The molecule has 0 saturated heterocycles. The van der Waals surface area contributed by atoms with Crippen molar-refractivity contribution in [3.8, 4) is 0 Å². The molecule has 0 radical (unpaired) electrons. The first kappa shape index (κ1) is 25.6. The van der Waals surface area contributed by atoms with Crippen LogP contribution in [0.1, 0.15) is 26.7 Å². The highest BCUT2D eigenvalue weighted by Gasteiger charge is 2.23. The minimum Gasteiger partial charge on any atom is -0.325 e. The van der Waals surface area contributed by atoms with Gasteiger partial charge in [-0.25, -0.2) is 4.39 Å². The molecule has 0 heterocycles. The molecule has 0 spiro atoms. The van der Waals surface area contributed by atoms with Crippen LogP contribution in [0.2, 0.25) is 0 Å². The first-order chi connectivity index (χ1) is 17.8. The molecule has 7 nitrogen and oxygen atoms in total. The molecule has 0 saturated carbocycles. The molecule has 186 valence electrons. The van der Waals surface area contributed by atoms with Crippen LogP contribution in [-0.4, -0.2) is 16.7 Å². The fraction of sp³-hybridized carbons (Fsp3) is 0.0714. The van der Waals surface area contributed by atoms with Crippen LogP contribution in [0, 0.1) is 22.9 Å². The van der Waals surface area contributed by atoms with Crippen LogP contribution in [0.25, 0.3) is 0 Å².